The van der Waals surface area contributed by atoms with Crippen LogP contribution in [0.3, 0.4) is 0 Å². The zero-order valence-electron chi connectivity index (χ0n) is 11.4. The Morgan fingerprint density at radius 2 is 1.71 bits per heavy atom. The van der Waals surface area contributed by atoms with Gasteiger partial charge in [-0.05, 0) is 36.2 Å². The first-order valence-electron chi connectivity index (χ1n) is 6.49. The highest BCUT2D eigenvalue weighted by Crippen LogP contribution is 2.20. The van der Waals surface area contributed by atoms with Crippen LogP contribution >= 0.6 is 0 Å². The van der Waals surface area contributed by atoms with Crippen LogP contribution in [0.25, 0.3) is 0 Å². The monoisotopic (exact) mass is 311 g/mol. The summed E-state index contributed by atoms with van der Waals surface area (Å²) in [5.41, 5.74) is 0.612. The van der Waals surface area contributed by atoms with Gasteiger partial charge in [0.25, 0.3) is 10.0 Å². The van der Waals surface area contributed by atoms with Gasteiger partial charge in [0.2, 0.25) is 0 Å². The lowest BCUT2D eigenvalue weighted by molar-refractivity contribution is 0.594. The van der Waals surface area contributed by atoms with Crippen LogP contribution in [0.15, 0.2) is 47.4 Å². The van der Waals surface area contributed by atoms with Gasteiger partial charge in [-0.25, -0.2) is 17.2 Å². The van der Waals surface area contributed by atoms with Crippen molar-refractivity contribution < 1.29 is 17.2 Å². The molecule has 0 radical (unpaired) electrons. The van der Waals surface area contributed by atoms with Crippen molar-refractivity contribution in [2.24, 2.45) is 0 Å². The fourth-order valence-corrected chi connectivity index (χ4v) is 2.96. The Kier molecular flexibility index (Phi) is 4.57. The van der Waals surface area contributed by atoms with Crippen LogP contribution in [0.1, 0.15) is 18.9 Å². The van der Waals surface area contributed by atoms with Crippen molar-refractivity contribution in [3.05, 3.63) is 59.7 Å². The minimum atomic E-state index is -3.94. The molecule has 0 heterocycles. The lowest BCUT2D eigenvalue weighted by atomic mass is 10.1. The molecule has 1 N–H and O–H groups in total. The van der Waals surface area contributed by atoms with E-state index >= 15 is 0 Å². The van der Waals surface area contributed by atoms with E-state index in [0.29, 0.717) is 0 Å². The second-order valence-electron chi connectivity index (χ2n) is 4.62. The van der Waals surface area contributed by atoms with Gasteiger partial charge in [0.1, 0.15) is 11.6 Å². The predicted octanol–water partition coefficient (Wildman–Crippen LogP) is 3.72. The summed E-state index contributed by atoms with van der Waals surface area (Å²) in [5.74, 6) is -1.55. The van der Waals surface area contributed by atoms with E-state index in [0.717, 1.165) is 36.6 Å². The third-order valence-corrected chi connectivity index (χ3v) is 4.33. The highest BCUT2D eigenvalue weighted by molar-refractivity contribution is 7.92. The molecule has 0 unspecified atom stereocenters. The van der Waals surface area contributed by atoms with Gasteiger partial charge >= 0.3 is 0 Å². The molecule has 2 aromatic carbocycles. The van der Waals surface area contributed by atoms with Gasteiger partial charge in [-0.1, -0.05) is 25.5 Å². The Hall–Kier alpha value is -1.95. The van der Waals surface area contributed by atoms with Crippen molar-refractivity contribution in [3.63, 3.8) is 0 Å². The van der Waals surface area contributed by atoms with Gasteiger partial charge in [-0.15, -0.1) is 0 Å². The molecule has 0 amide bonds. The van der Waals surface area contributed by atoms with Crippen LogP contribution in [0.4, 0.5) is 14.5 Å². The van der Waals surface area contributed by atoms with Crippen molar-refractivity contribution in [1.82, 2.24) is 0 Å². The maximum Gasteiger partial charge on any atom is 0.261 e. The largest absolute Gasteiger partial charge is 0.277 e. The van der Waals surface area contributed by atoms with E-state index in [-0.39, 0.29) is 4.90 Å². The lowest BCUT2D eigenvalue weighted by Gasteiger charge is -2.09. The van der Waals surface area contributed by atoms with E-state index in [1.165, 1.54) is 12.1 Å². The molecule has 0 aliphatic heterocycles. The minimum Gasteiger partial charge on any atom is -0.277 e. The molecule has 0 saturated carbocycles. The van der Waals surface area contributed by atoms with Gasteiger partial charge in [-0.2, -0.15) is 0 Å². The van der Waals surface area contributed by atoms with Crippen LogP contribution in [0, 0.1) is 11.6 Å². The molecule has 6 heteroatoms. The van der Waals surface area contributed by atoms with Crippen molar-refractivity contribution in [2.45, 2.75) is 24.7 Å². The Bertz CT molecular complexity index is 728. The zero-order valence-corrected chi connectivity index (χ0v) is 12.3. The molecule has 112 valence electrons. The smallest absolute Gasteiger partial charge is 0.261 e. The maximum atomic E-state index is 13.5. The zero-order chi connectivity index (χ0) is 15.5. The van der Waals surface area contributed by atoms with Gasteiger partial charge in [0.15, 0.2) is 0 Å². The third-order valence-electron chi connectivity index (χ3n) is 2.95. The van der Waals surface area contributed by atoms with Crippen molar-refractivity contribution in [3.8, 4) is 0 Å². The molecule has 0 aliphatic carbocycles. The fraction of sp³-hybridized carbons (Fsp3) is 0.200. The number of hydrogen-bond acceptors (Lipinski definition) is 2. The van der Waals surface area contributed by atoms with Crippen molar-refractivity contribution in [2.75, 3.05) is 4.72 Å². The normalized spacial score (nSPS) is 11.4. The van der Waals surface area contributed by atoms with E-state index in [9.17, 15) is 17.2 Å². The maximum absolute atomic E-state index is 13.5. The molecule has 0 aliphatic rings. The summed E-state index contributed by atoms with van der Waals surface area (Å²) in [4.78, 5) is 0.00557. The number of sulfonamides is 1. The quantitative estimate of drug-likeness (QED) is 0.915. The molecule has 21 heavy (non-hydrogen) atoms. The summed E-state index contributed by atoms with van der Waals surface area (Å²) < 4.78 is 52.9. The minimum absolute atomic E-state index is 0.00557. The van der Waals surface area contributed by atoms with Crippen LogP contribution in [-0.2, 0) is 16.4 Å². The molecule has 0 saturated heterocycles. The number of benzene rings is 2. The molecule has 2 aromatic rings. The van der Waals surface area contributed by atoms with Crippen molar-refractivity contribution in [1.29, 1.82) is 0 Å². The Morgan fingerprint density at radius 1 is 1.05 bits per heavy atom. The Balaban J connectivity index is 2.27. The molecule has 0 spiro atoms. The number of nitrogens with one attached hydrogen (secondary N) is 1. The van der Waals surface area contributed by atoms with Gasteiger partial charge < -0.3 is 0 Å². The van der Waals surface area contributed by atoms with Gasteiger partial charge in [0.05, 0.1) is 10.6 Å². The summed E-state index contributed by atoms with van der Waals surface area (Å²) in [7, 11) is -3.94. The summed E-state index contributed by atoms with van der Waals surface area (Å²) in [6.45, 7) is 2.03. The summed E-state index contributed by atoms with van der Waals surface area (Å²) in [5, 5.41) is 0. The summed E-state index contributed by atoms with van der Waals surface area (Å²) in [6.07, 6.45) is 1.81. The first-order valence-corrected chi connectivity index (χ1v) is 7.97. The first-order chi connectivity index (χ1) is 9.92. The molecule has 0 atom stereocenters. The van der Waals surface area contributed by atoms with E-state index in [2.05, 4.69) is 4.72 Å². The number of halogens is 2. The third kappa shape index (κ3) is 3.78. The molecule has 3 nitrogen and oxygen atoms in total. The van der Waals surface area contributed by atoms with Gasteiger partial charge in [-0.3, -0.25) is 4.72 Å². The summed E-state index contributed by atoms with van der Waals surface area (Å²) >= 11 is 0. The molecule has 2 rings (SSSR count). The molecular weight excluding hydrogens is 296 g/mol. The van der Waals surface area contributed by atoms with E-state index < -0.39 is 27.3 Å². The number of rotatable bonds is 5. The van der Waals surface area contributed by atoms with Crippen molar-refractivity contribution >= 4 is 15.7 Å². The molecular formula is C15H15F2NO2S. The molecule has 0 bridgehead atoms. The summed E-state index contributed by atoms with van der Waals surface area (Å²) in [6, 6.07) is 8.91. The molecule has 0 aromatic heterocycles. The fourth-order valence-electron chi connectivity index (χ4n) is 1.90. The van der Waals surface area contributed by atoms with Crippen LogP contribution < -0.4 is 4.72 Å². The highest BCUT2D eigenvalue weighted by atomic mass is 32.2. The average molecular weight is 311 g/mol. The Labute approximate surface area is 122 Å². The topological polar surface area (TPSA) is 46.2 Å². The van der Waals surface area contributed by atoms with Crippen LogP contribution in [-0.4, -0.2) is 8.42 Å². The SMILES string of the molecule is CCCc1ccc(S(=O)(=O)Nc2cc(F)ccc2F)cc1. The van der Waals surface area contributed by atoms with E-state index in [1.807, 2.05) is 6.92 Å². The Morgan fingerprint density at radius 3 is 2.33 bits per heavy atom. The van der Waals surface area contributed by atoms with Gasteiger partial charge in [0, 0.05) is 6.07 Å². The number of anilines is 1. The van der Waals surface area contributed by atoms with Crippen LogP contribution in [0.5, 0.6) is 0 Å². The lowest BCUT2D eigenvalue weighted by Crippen LogP contribution is -2.14. The highest BCUT2D eigenvalue weighted by Gasteiger charge is 2.16. The van der Waals surface area contributed by atoms with E-state index in [4.69, 9.17) is 0 Å². The number of aryl methyl sites for hydroxylation is 1. The second kappa shape index (κ2) is 6.22. The van der Waals surface area contributed by atoms with E-state index in [1.54, 1.807) is 12.1 Å². The van der Waals surface area contributed by atoms with Crippen LogP contribution in [0.2, 0.25) is 0 Å². The second-order valence-corrected chi connectivity index (χ2v) is 6.31. The predicted molar refractivity (Wildman–Crippen MR) is 77.6 cm³/mol. The molecule has 0 fully saturated rings. The average Bonchev–Trinajstić information content (AvgIpc) is 2.44. The standard InChI is InChI=1S/C15H15F2NO2S/c1-2-3-11-4-7-13(8-5-11)21(19,20)18-15-10-12(16)6-9-14(15)17/h4-10,18H,2-3H2,1H3. The first kappa shape index (κ1) is 15.4. The number of hydrogen-bond donors (Lipinski definition) is 1.